The second-order valence-corrected chi connectivity index (χ2v) is 5.30. The van der Waals surface area contributed by atoms with Gasteiger partial charge in [-0.15, -0.1) is 12.4 Å². The molecule has 23 heavy (non-hydrogen) atoms. The zero-order valence-corrected chi connectivity index (χ0v) is 14.5. The summed E-state index contributed by atoms with van der Waals surface area (Å²) in [5, 5.41) is 2.86. The minimum atomic E-state index is -2.90. The van der Waals surface area contributed by atoms with E-state index in [-0.39, 0.29) is 30.6 Å². The number of nitrogens with two attached hydrogens (primary N) is 1. The van der Waals surface area contributed by atoms with E-state index in [2.05, 4.69) is 10.1 Å². The molecule has 0 aliphatic carbocycles. The molecule has 4 nitrogen and oxygen atoms in total. The van der Waals surface area contributed by atoms with Crippen LogP contribution in [0.25, 0.3) is 0 Å². The Bertz CT molecular complexity index is 488. The molecule has 3 N–H and O–H groups in total. The Morgan fingerprint density at radius 2 is 1.87 bits per heavy atom. The molecule has 1 aromatic rings. The zero-order valence-electron chi connectivity index (χ0n) is 13.6. The summed E-state index contributed by atoms with van der Waals surface area (Å²) in [5.74, 6) is -0.101. The Kier molecular flexibility index (Phi) is 9.09. The van der Waals surface area contributed by atoms with Gasteiger partial charge in [-0.2, -0.15) is 8.78 Å². The fraction of sp³-hybridized carbons (Fsp3) is 0.562. The van der Waals surface area contributed by atoms with Crippen LogP contribution in [0.4, 0.5) is 8.78 Å². The molecule has 0 saturated heterocycles. The summed E-state index contributed by atoms with van der Waals surface area (Å²) in [4.78, 5) is 12.5. The van der Waals surface area contributed by atoms with Gasteiger partial charge in [-0.1, -0.05) is 32.0 Å². The first-order chi connectivity index (χ1) is 10.4. The quantitative estimate of drug-likeness (QED) is 0.752. The highest BCUT2D eigenvalue weighted by molar-refractivity contribution is 5.85. The van der Waals surface area contributed by atoms with E-state index < -0.39 is 18.1 Å². The molecule has 0 spiro atoms. The fourth-order valence-electron chi connectivity index (χ4n) is 2.42. The minimum Gasteiger partial charge on any atom is -0.434 e. The van der Waals surface area contributed by atoms with Gasteiger partial charge >= 0.3 is 6.61 Å². The summed E-state index contributed by atoms with van der Waals surface area (Å²) in [7, 11) is 0. The van der Waals surface area contributed by atoms with Crippen molar-refractivity contribution in [3.8, 4) is 5.75 Å². The second-order valence-electron chi connectivity index (χ2n) is 5.30. The summed E-state index contributed by atoms with van der Waals surface area (Å²) in [5.41, 5.74) is 5.63. The van der Waals surface area contributed by atoms with Crippen LogP contribution in [0.1, 0.15) is 45.2 Å². The van der Waals surface area contributed by atoms with Crippen molar-refractivity contribution < 1.29 is 18.3 Å². The van der Waals surface area contributed by atoms with Crippen LogP contribution < -0.4 is 15.8 Å². The van der Waals surface area contributed by atoms with Crippen molar-refractivity contribution in [3.63, 3.8) is 0 Å². The van der Waals surface area contributed by atoms with Gasteiger partial charge in [-0.05, 0) is 25.8 Å². The summed E-state index contributed by atoms with van der Waals surface area (Å²) in [6.07, 6.45) is 1.24. The summed E-state index contributed by atoms with van der Waals surface area (Å²) in [6.45, 7) is 2.90. The maximum absolute atomic E-state index is 12.5. The molecule has 1 amide bonds. The topological polar surface area (TPSA) is 64.4 Å². The van der Waals surface area contributed by atoms with Crippen molar-refractivity contribution in [2.75, 3.05) is 6.54 Å². The molecule has 0 saturated carbocycles. The Labute approximate surface area is 142 Å². The number of halogens is 3. The maximum Gasteiger partial charge on any atom is 0.387 e. The number of para-hydroxylation sites is 1. The van der Waals surface area contributed by atoms with Crippen LogP contribution in [0.3, 0.4) is 0 Å². The van der Waals surface area contributed by atoms with Crippen LogP contribution in [-0.4, -0.2) is 19.1 Å². The molecule has 1 aromatic carbocycles. The fourth-order valence-corrected chi connectivity index (χ4v) is 2.42. The lowest BCUT2D eigenvalue weighted by atomic mass is 9.81. The molecule has 0 bridgehead atoms. The molecule has 0 aliphatic rings. The first-order valence-corrected chi connectivity index (χ1v) is 7.45. The number of hydrogen-bond acceptors (Lipinski definition) is 3. The second kappa shape index (κ2) is 9.67. The Hall–Kier alpha value is -1.40. The van der Waals surface area contributed by atoms with Gasteiger partial charge in [0.15, 0.2) is 0 Å². The number of alkyl halides is 2. The lowest BCUT2D eigenvalue weighted by molar-refractivity contribution is -0.131. The highest BCUT2D eigenvalue weighted by Crippen LogP contribution is 2.29. The maximum atomic E-state index is 12.5. The van der Waals surface area contributed by atoms with E-state index in [1.165, 1.54) is 6.07 Å². The van der Waals surface area contributed by atoms with E-state index in [0.29, 0.717) is 18.4 Å². The van der Waals surface area contributed by atoms with E-state index >= 15 is 0 Å². The Morgan fingerprint density at radius 1 is 1.30 bits per heavy atom. The number of nitrogens with one attached hydrogen (secondary N) is 1. The van der Waals surface area contributed by atoms with Crippen LogP contribution in [0.15, 0.2) is 24.3 Å². The van der Waals surface area contributed by atoms with Crippen molar-refractivity contribution in [1.29, 1.82) is 0 Å². The normalized spacial score (nSPS) is 12.5. The number of carbonyl (C=O) groups is 1. The largest absolute Gasteiger partial charge is 0.434 e. The molecule has 132 valence electrons. The standard InChI is InChI=1S/C16H24F2N2O2.ClH/c1-4-16(5-2,10-19)14(21)20-11(3)12-8-6-7-9-13(12)22-15(17)18;/h6-9,11,15H,4-5,10,19H2,1-3H3,(H,20,21);1H. The van der Waals surface area contributed by atoms with Crippen LogP contribution in [0, 0.1) is 5.41 Å². The predicted molar refractivity (Wildman–Crippen MR) is 88.9 cm³/mol. The molecule has 1 atom stereocenters. The third-order valence-electron chi connectivity index (χ3n) is 4.18. The van der Waals surface area contributed by atoms with Crippen LogP contribution >= 0.6 is 12.4 Å². The number of carbonyl (C=O) groups excluding carboxylic acids is 1. The van der Waals surface area contributed by atoms with E-state index in [1.807, 2.05) is 13.8 Å². The average molecular weight is 351 g/mol. The van der Waals surface area contributed by atoms with Crippen LogP contribution in [0.2, 0.25) is 0 Å². The SMILES string of the molecule is CCC(CC)(CN)C(=O)NC(C)c1ccccc1OC(F)F.Cl. The molecule has 7 heteroatoms. The van der Waals surface area contributed by atoms with Crippen LogP contribution in [0.5, 0.6) is 5.75 Å². The van der Waals surface area contributed by atoms with Crippen molar-refractivity contribution in [2.24, 2.45) is 11.1 Å². The predicted octanol–water partition coefficient (Wildman–Crippen LogP) is 3.65. The van der Waals surface area contributed by atoms with Crippen molar-refractivity contribution >= 4 is 18.3 Å². The summed E-state index contributed by atoms with van der Waals surface area (Å²) < 4.78 is 29.4. The third kappa shape index (κ3) is 5.32. The van der Waals surface area contributed by atoms with Gasteiger partial charge in [0, 0.05) is 12.1 Å². The number of amides is 1. The molecule has 1 unspecified atom stereocenters. The van der Waals surface area contributed by atoms with Gasteiger partial charge in [0.05, 0.1) is 11.5 Å². The summed E-state index contributed by atoms with van der Waals surface area (Å²) in [6, 6.07) is 5.99. The van der Waals surface area contributed by atoms with E-state index in [0.717, 1.165) is 0 Å². The number of ether oxygens (including phenoxy) is 1. The third-order valence-corrected chi connectivity index (χ3v) is 4.18. The van der Waals surface area contributed by atoms with Gasteiger partial charge < -0.3 is 15.8 Å². The van der Waals surface area contributed by atoms with Crippen LogP contribution in [-0.2, 0) is 4.79 Å². The number of benzene rings is 1. The van der Waals surface area contributed by atoms with E-state index in [1.54, 1.807) is 25.1 Å². The molecular formula is C16H25ClF2N2O2. The molecule has 0 radical (unpaired) electrons. The van der Waals surface area contributed by atoms with Gasteiger partial charge in [0.25, 0.3) is 0 Å². The molecule has 0 aromatic heterocycles. The van der Waals surface area contributed by atoms with Crippen molar-refractivity contribution in [1.82, 2.24) is 5.32 Å². The lowest BCUT2D eigenvalue weighted by Gasteiger charge is -2.30. The molecule has 0 fully saturated rings. The smallest absolute Gasteiger partial charge is 0.387 e. The monoisotopic (exact) mass is 350 g/mol. The zero-order chi connectivity index (χ0) is 16.8. The molecule has 1 rings (SSSR count). The number of rotatable bonds is 8. The highest BCUT2D eigenvalue weighted by atomic mass is 35.5. The number of hydrogen-bond donors (Lipinski definition) is 2. The van der Waals surface area contributed by atoms with Gasteiger partial charge in [-0.25, -0.2) is 0 Å². The van der Waals surface area contributed by atoms with Gasteiger partial charge in [0.2, 0.25) is 5.91 Å². The first kappa shape index (κ1) is 21.6. The molecule has 0 heterocycles. The average Bonchev–Trinajstić information content (AvgIpc) is 2.49. The Morgan fingerprint density at radius 3 is 2.35 bits per heavy atom. The Balaban J connectivity index is 0.00000484. The van der Waals surface area contributed by atoms with E-state index in [4.69, 9.17) is 5.73 Å². The van der Waals surface area contributed by atoms with Crippen molar-refractivity contribution in [3.05, 3.63) is 29.8 Å². The van der Waals surface area contributed by atoms with E-state index in [9.17, 15) is 13.6 Å². The van der Waals surface area contributed by atoms with Crippen molar-refractivity contribution in [2.45, 2.75) is 46.3 Å². The summed E-state index contributed by atoms with van der Waals surface area (Å²) >= 11 is 0. The molecule has 0 aliphatic heterocycles. The first-order valence-electron chi connectivity index (χ1n) is 7.45. The lowest BCUT2D eigenvalue weighted by Crippen LogP contribution is -2.46. The highest BCUT2D eigenvalue weighted by Gasteiger charge is 2.34. The van der Waals surface area contributed by atoms with Gasteiger partial charge in [-0.3, -0.25) is 4.79 Å². The minimum absolute atomic E-state index is 0. The molecular weight excluding hydrogens is 326 g/mol. The van der Waals surface area contributed by atoms with Gasteiger partial charge in [0.1, 0.15) is 5.75 Å².